The maximum absolute atomic E-state index is 12.5. The monoisotopic (exact) mass is 344 g/mol. The summed E-state index contributed by atoms with van der Waals surface area (Å²) in [5.41, 5.74) is 6.95. The smallest absolute Gasteiger partial charge is 0.260 e. The molecule has 2 aromatic rings. The van der Waals surface area contributed by atoms with Crippen LogP contribution >= 0.6 is 0 Å². The Morgan fingerprint density at radius 2 is 2.04 bits per heavy atom. The third kappa shape index (κ3) is 3.42. The van der Waals surface area contributed by atoms with Crippen molar-refractivity contribution in [1.29, 1.82) is 0 Å². The number of nitrogens with two attached hydrogens (primary N) is 1. The molecule has 0 unspecified atom stereocenters. The summed E-state index contributed by atoms with van der Waals surface area (Å²) >= 11 is 0. The van der Waals surface area contributed by atoms with Crippen molar-refractivity contribution in [2.45, 2.75) is 12.5 Å². The molecule has 1 aromatic heterocycles. The Balaban J connectivity index is 1.71. The Morgan fingerprint density at radius 3 is 2.72 bits per heavy atom. The molecule has 1 aliphatic heterocycles. The standard InChI is InChI=1S/C17H20N4O4/c1-20-7-11-8-21(9-12(17(18)23)16(11)19-20)15(22)10-25-14-6-4-3-5-13(14)24-2/h3-7,12H,8-10H2,1-2H3,(H2,18,23)/t12-/m0/s1. The number of rotatable bonds is 5. The van der Waals surface area contributed by atoms with Crippen molar-refractivity contribution in [2.75, 3.05) is 20.3 Å². The summed E-state index contributed by atoms with van der Waals surface area (Å²) in [4.78, 5) is 25.8. The summed E-state index contributed by atoms with van der Waals surface area (Å²) in [6.07, 6.45) is 1.80. The minimum atomic E-state index is -0.611. The fraction of sp³-hybridized carbons (Fsp3) is 0.353. The van der Waals surface area contributed by atoms with E-state index in [1.807, 2.05) is 6.07 Å². The number of fused-ring (bicyclic) bond motifs is 1. The number of primary amides is 1. The molecular weight excluding hydrogens is 324 g/mol. The summed E-state index contributed by atoms with van der Waals surface area (Å²) in [6.45, 7) is 0.427. The van der Waals surface area contributed by atoms with E-state index in [1.54, 1.807) is 41.0 Å². The molecule has 0 spiro atoms. The highest BCUT2D eigenvalue weighted by molar-refractivity contribution is 5.85. The predicted molar refractivity (Wildman–Crippen MR) is 89.0 cm³/mol. The Kier molecular flexibility index (Phi) is 4.60. The van der Waals surface area contributed by atoms with Crippen LogP contribution in [0.5, 0.6) is 11.5 Å². The van der Waals surface area contributed by atoms with Crippen LogP contribution in [-0.2, 0) is 23.2 Å². The van der Waals surface area contributed by atoms with Crippen LogP contribution in [0.1, 0.15) is 17.2 Å². The quantitative estimate of drug-likeness (QED) is 0.847. The first kappa shape index (κ1) is 16.8. The zero-order valence-corrected chi connectivity index (χ0v) is 14.1. The Labute approximate surface area is 145 Å². The molecular formula is C17H20N4O4. The van der Waals surface area contributed by atoms with E-state index in [0.717, 1.165) is 5.56 Å². The lowest BCUT2D eigenvalue weighted by molar-refractivity contribution is -0.135. The van der Waals surface area contributed by atoms with Crippen LogP contribution in [0.3, 0.4) is 0 Å². The minimum absolute atomic E-state index is 0.151. The molecule has 3 rings (SSSR count). The first-order valence-electron chi connectivity index (χ1n) is 7.85. The largest absolute Gasteiger partial charge is 0.493 e. The molecule has 0 radical (unpaired) electrons. The van der Waals surface area contributed by atoms with Crippen LogP contribution in [0.4, 0.5) is 0 Å². The Morgan fingerprint density at radius 1 is 1.32 bits per heavy atom. The van der Waals surface area contributed by atoms with E-state index in [-0.39, 0.29) is 19.1 Å². The number of hydrogen-bond acceptors (Lipinski definition) is 5. The maximum atomic E-state index is 12.5. The lowest BCUT2D eigenvalue weighted by atomic mass is 9.96. The third-order valence-corrected chi connectivity index (χ3v) is 4.15. The average Bonchev–Trinajstić information content (AvgIpc) is 2.98. The van der Waals surface area contributed by atoms with Crippen molar-refractivity contribution in [1.82, 2.24) is 14.7 Å². The van der Waals surface area contributed by atoms with Crippen molar-refractivity contribution in [3.8, 4) is 11.5 Å². The van der Waals surface area contributed by atoms with Gasteiger partial charge < -0.3 is 20.1 Å². The lowest BCUT2D eigenvalue weighted by Crippen LogP contribution is -2.44. The number of carbonyl (C=O) groups excluding carboxylic acids is 2. The van der Waals surface area contributed by atoms with Gasteiger partial charge in [-0.25, -0.2) is 0 Å². The molecule has 8 nitrogen and oxygen atoms in total. The predicted octanol–water partition coefficient (Wildman–Crippen LogP) is 0.419. The summed E-state index contributed by atoms with van der Waals surface area (Å²) in [5, 5.41) is 4.29. The molecule has 2 heterocycles. The number of nitrogens with zero attached hydrogens (tertiary/aromatic N) is 3. The summed E-state index contributed by atoms with van der Waals surface area (Å²) in [5.74, 6) is -0.294. The van der Waals surface area contributed by atoms with Gasteiger partial charge in [0.1, 0.15) is 0 Å². The van der Waals surface area contributed by atoms with Crippen molar-refractivity contribution in [3.63, 3.8) is 0 Å². The van der Waals surface area contributed by atoms with E-state index < -0.39 is 11.8 Å². The van der Waals surface area contributed by atoms with E-state index in [0.29, 0.717) is 23.7 Å². The van der Waals surface area contributed by atoms with Gasteiger partial charge >= 0.3 is 0 Å². The molecule has 2 N–H and O–H groups in total. The van der Waals surface area contributed by atoms with E-state index in [4.69, 9.17) is 15.2 Å². The second kappa shape index (κ2) is 6.84. The molecule has 0 bridgehead atoms. The summed E-state index contributed by atoms with van der Waals surface area (Å²) in [6, 6.07) is 7.10. The van der Waals surface area contributed by atoms with Gasteiger partial charge in [-0.05, 0) is 12.1 Å². The van der Waals surface area contributed by atoms with Crippen LogP contribution in [0.15, 0.2) is 30.5 Å². The van der Waals surface area contributed by atoms with Crippen molar-refractivity contribution < 1.29 is 19.1 Å². The number of benzene rings is 1. The zero-order chi connectivity index (χ0) is 18.0. The molecule has 0 saturated carbocycles. The number of amides is 2. The Bertz CT molecular complexity index is 802. The van der Waals surface area contributed by atoms with E-state index in [1.165, 1.54) is 7.11 Å². The number of methoxy groups -OCH3 is 1. The van der Waals surface area contributed by atoms with Gasteiger partial charge in [-0.15, -0.1) is 0 Å². The number of carbonyl (C=O) groups is 2. The van der Waals surface area contributed by atoms with Crippen LogP contribution in [0.25, 0.3) is 0 Å². The van der Waals surface area contributed by atoms with Gasteiger partial charge in [-0.1, -0.05) is 12.1 Å². The summed E-state index contributed by atoms with van der Waals surface area (Å²) < 4.78 is 12.4. The van der Waals surface area contributed by atoms with Crippen molar-refractivity contribution in [3.05, 3.63) is 41.7 Å². The zero-order valence-electron chi connectivity index (χ0n) is 14.1. The van der Waals surface area contributed by atoms with Gasteiger partial charge in [0, 0.05) is 31.9 Å². The van der Waals surface area contributed by atoms with Gasteiger partial charge in [0.2, 0.25) is 5.91 Å². The summed E-state index contributed by atoms with van der Waals surface area (Å²) in [7, 11) is 3.31. The highest BCUT2D eigenvalue weighted by Gasteiger charge is 2.34. The average molecular weight is 344 g/mol. The SMILES string of the molecule is COc1ccccc1OCC(=O)N1Cc2cn(C)nc2[C@@H](C(N)=O)C1. The van der Waals surface area contributed by atoms with E-state index in [2.05, 4.69) is 5.10 Å². The molecule has 8 heteroatoms. The lowest BCUT2D eigenvalue weighted by Gasteiger charge is -2.30. The molecule has 1 atom stereocenters. The van der Waals surface area contributed by atoms with Crippen LogP contribution in [-0.4, -0.2) is 46.8 Å². The van der Waals surface area contributed by atoms with Crippen molar-refractivity contribution >= 4 is 11.8 Å². The van der Waals surface area contributed by atoms with E-state index >= 15 is 0 Å². The fourth-order valence-corrected chi connectivity index (χ4v) is 2.93. The molecule has 0 aliphatic carbocycles. The number of aromatic nitrogens is 2. The highest BCUT2D eigenvalue weighted by Crippen LogP contribution is 2.28. The normalized spacial score (nSPS) is 16.2. The molecule has 25 heavy (non-hydrogen) atoms. The van der Waals surface area contributed by atoms with Crippen molar-refractivity contribution in [2.24, 2.45) is 12.8 Å². The first-order valence-corrected chi connectivity index (χ1v) is 7.85. The highest BCUT2D eigenvalue weighted by atomic mass is 16.5. The molecule has 2 amide bonds. The van der Waals surface area contributed by atoms with E-state index in [9.17, 15) is 9.59 Å². The molecule has 0 saturated heterocycles. The maximum Gasteiger partial charge on any atom is 0.260 e. The van der Waals surface area contributed by atoms with Gasteiger partial charge in [0.25, 0.3) is 5.91 Å². The second-order valence-corrected chi connectivity index (χ2v) is 5.88. The van der Waals surface area contributed by atoms with Gasteiger partial charge in [-0.3, -0.25) is 14.3 Å². The van der Waals surface area contributed by atoms with Gasteiger partial charge in [0.15, 0.2) is 18.1 Å². The Hall–Kier alpha value is -3.03. The van der Waals surface area contributed by atoms with Gasteiger partial charge in [0.05, 0.1) is 18.7 Å². The molecule has 1 aliphatic rings. The fourth-order valence-electron chi connectivity index (χ4n) is 2.93. The number of hydrogen-bond donors (Lipinski definition) is 1. The first-order chi connectivity index (χ1) is 12.0. The van der Waals surface area contributed by atoms with Crippen LogP contribution < -0.4 is 15.2 Å². The number of para-hydroxylation sites is 2. The van der Waals surface area contributed by atoms with Crippen LogP contribution in [0, 0.1) is 0 Å². The minimum Gasteiger partial charge on any atom is -0.493 e. The third-order valence-electron chi connectivity index (χ3n) is 4.15. The van der Waals surface area contributed by atoms with Crippen LogP contribution in [0.2, 0.25) is 0 Å². The number of ether oxygens (including phenoxy) is 2. The molecule has 132 valence electrons. The molecule has 1 aromatic carbocycles. The molecule has 0 fully saturated rings. The topological polar surface area (TPSA) is 99.7 Å². The number of aryl methyl sites for hydroxylation is 1. The van der Waals surface area contributed by atoms with Gasteiger partial charge in [-0.2, -0.15) is 5.10 Å². The second-order valence-electron chi connectivity index (χ2n) is 5.88.